The van der Waals surface area contributed by atoms with Crippen molar-refractivity contribution in [3.05, 3.63) is 52.5 Å². The molecule has 0 unspecified atom stereocenters. The Bertz CT molecular complexity index is 847. The molecule has 2 aromatic rings. The SMILES string of the molecule is O=C(c1c[nH]c(=O)[nH]1)N1C[C@H]2C[C@@H](Oc3ccc(F)cc3)[C@H](O)C[C@H]2C1. The lowest BCUT2D eigenvalue weighted by Crippen LogP contribution is -2.42. The van der Waals surface area contributed by atoms with Crippen LogP contribution < -0.4 is 10.4 Å². The summed E-state index contributed by atoms with van der Waals surface area (Å²) in [5, 5.41) is 10.4. The van der Waals surface area contributed by atoms with Crippen LogP contribution in [-0.2, 0) is 0 Å². The van der Waals surface area contributed by atoms with E-state index in [4.69, 9.17) is 4.74 Å². The molecule has 1 aromatic carbocycles. The number of nitrogens with one attached hydrogen (secondary N) is 2. The first-order valence-electron chi connectivity index (χ1n) is 8.67. The van der Waals surface area contributed by atoms with Crippen molar-refractivity contribution >= 4 is 5.91 Å². The summed E-state index contributed by atoms with van der Waals surface area (Å²) in [5.41, 5.74) is -0.165. The lowest BCUT2D eigenvalue weighted by atomic mass is 9.78. The highest BCUT2D eigenvalue weighted by atomic mass is 19.1. The number of rotatable bonds is 3. The van der Waals surface area contributed by atoms with Crippen LogP contribution in [0.25, 0.3) is 0 Å². The van der Waals surface area contributed by atoms with Gasteiger partial charge in [-0.3, -0.25) is 4.79 Å². The number of hydrogen-bond donors (Lipinski definition) is 3. The van der Waals surface area contributed by atoms with Gasteiger partial charge in [0.1, 0.15) is 23.4 Å². The molecule has 8 heteroatoms. The third kappa shape index (κ3) is 3.24. The lowest BCUT2D eigenvalue weighted by Gasteiger charge is -2.35. The lowest BCUT2D eigenvalue weighted by molar-refractivity contribution is -0.0231. The summed E-state index contributed by atoms with van der Waals surface area (Å²) in [4.78, 5) is 30.3. The van der Waals surface area contributed by atoms with E-state index in [1.807, 2.05) is 0 Å². The number of likely N-dealkylation sites (tertiary alicyclic amines) is 1. The van der Waals surface area contributed by atoms with Gasteiger partial charge in [0, 0.05) is 19.3 Å². The molecular formula is C18H20FN3O4. The first-order valence-corrected chi connectivity index (χ1v) is 8.67. The van der Waals surface area contributed by atoms with E-state index in [0.717, 1.165) is 0 Å². The Hall–Kier alpha value is -2.61. The maximum atomic E-state index is 13.0. The van der Waals surface area contributed by atoms with Gasteiger partial charge < -0.3 is 24.7 Å². The summed E-state index contributed by atoms with van der Waals surface area (Å²) in [6.07, 6.45) is 1.52. The Morgan fingerprint density at radius 3 is 2.54 bits per heavy atom. The summed E-state index contributed by atoms with van der Waals surface area (Å²) in [6, 6.07) is 5.73. The number of carbonyl (C=O) groups excluding carboxylic acids is 1. The average molecular weight is 361 g/mol. The molecule has 2 heterocycles. The predicted octanol–water partition coefficient (Wildman–Crippen LogP) is 1.13. The number of H-pyrrole nitrogens is 2. The number of nitrogens with zero attached hydrogens (tertiary/aromatic N) is 1. The highest BCUT2D eigenvalue weighted by Gasteiger charge is 2.44. The number of ether oxygens (including phenoxy) is 1. The van der Waals surface area contributed by atoms with Gasteiger partial charge in [0.25, 0.3) is 5.91 Å². The third-order valence-electron chi connectivity index (χ3n) is 5.30. The van der Waals surface area contributed by atoms with Crippen molar-refractivity contribution in [2.24, 2.45) is 11.8 Å². The first-order chi connectivity index (χ1) is 12.5. The van der Waals surface area contributed by atoms with Crippen LogP contribution in [0.2, 0.25) is 0 Å². The molecule has 1 amide bonds. The van der Waals surface area contributed by atoms with Crippen molar-refractivity contribution in [1.82, 2.24) is 14.9 Å². The van der Waals surface area contributed by atoms with E-state index in [1.54, 1.807) is 17.0 Å². The zero-order valence-electron chi connectivity index (χ0n) is 14.0. The molecule has 26 heavy (non-hydrogen) atoms. The van der Waals surface area contributed by atoms with E-state index in [-0.39, 0.29) is 35.4 Å². The van der Waals surface area contributed by atoms with E-state index in [9.17, 15) is 19.1 Å². The molecule has 4 atom stereocenters. The van der Waals surface area contributed by atoms with Gasteiger partial charge in [-0.1, -0.05) is 0 Å². The average Bonchev–Trinajstić information content (AvgIpc) is 3.22. The molecule has 1 saturated heterocycles. The number of hydrogen-bond acceptors (Lipinski definition) is 4. The largest absolute Gasteiger partial charge is 0.488 e. The summed E-state index contributed by atoms with van der Waals surface area (Å²) in [6.45, 7) is 1.11. The standard InChI is InChI=1S/C18H20FN3O4/c19-12-1-3-13(4-2-12)26-16-6-11-9-22(8-10(11)5-15(16)23)17(24)14-7-20-18(25)21-14/h1-4,7,10-11,15-16,23H,5-6,8-9H2,(H2,20,21,25)/t10-,11+,15+,16+/m0/s1. The topological polar surface area (TPSA) is 98.4 Å². The van der Waals surface area contributed by atoms with Crippen molar-refractivity contribution in [1.29, 1.82) is 0 Å². The Kier molecular flexibility index (Phi) is 4.28. The van der Waals surface area contributed by atoms with Crippen LogP contribution in [-0.4, -0.2) is 51.2 Å². The highest BCUT2D eigenvalue weighted by molar-refractivity contribution is 5.92. The second-order valence-electron chi connectivity index (χ2n) is 7.04. The fourth-order valence-corrected chi connectivity index (χ4v) is 3.99. The van der Waals surface area contributed by atoms with E-state index < -0.39 is 11.8 Å². The van der Waals surface area contributed by atoms with Gasteiger partial charge in [-0.2, -0.15) is 0 Å². The number of aliphatic hydroxyl groups is 1. The maximum Gasteiger partial charge on any atom is 0.323 e. The van der Waals surface area contributed by atoms with E-state index in [0.29, 0.717) is 31.7 Å². The van der Waals surface area contributed by atoms with Gasteiger partial charge >= 0.3 is 5.69 Å². The van der Waals surface area contributed by atoms with Crippen molar-refractivity contribution < 1.29 is 19.0 Å². The van der Waals surface area contributed by atoms with E-state index >= 15 is 0 Å². The molecule has 3 N–H and O–H groups in total. The molecule has 1 aliphatic heterocycles. The van der Waals surface area contributed by atoms with E-state index in [1.165, 1.54) is 18.3 Å². The van der Waals surface area contributed by atoms with Gasteiger partial charge in [0.05, 0.1) is 6.10 Å². The van der Waals surface area contributed by atoms with Crippen molar-refractivity contribution in [3.8, 4) is 5.75 Å². The molecular weight excluding hydrogens is 341 g/mol. The number of halogens is 1. The fraction of sp³-hybridized carbons (Fsp3) is 0.444. The van der Waals surface area contributed by atoms with Crippen molar-refractivity contribution in [2.45, 2.75) is 25.0 Å². The molecule has 2 fully saturated rings. The number of benzene rings is 1. The number of fused-ring (bicyclic) bond motifs is 1. The summed E-state index contributed by atoms with van der Waals surface area (Å²) < 4.78 is 18.9. The van der Waals surface area contributed by atoms with Crippen LogP contribution in [0.1, 0.15) is 23.3 Å². The molecule has 2 aliphatic rings. The summed E-state index contributed by atoms with van der Waals surface area (Å²) >= 11 is 0. The van der Waals surface area contributed by atoms with Crippen LogP contribution in [0.4, 0.5) is 4.39 Å². The summed E-state index contributed by atoms with van der Waals surface area (Å²) in [5.74, 6) is 0.383. The Balaban J connectivity index is 1.42. The van der Waals surface area contributed by atoms with Gasteiger partial charge in [0.15, 0.2) is 0 Å². The minimum Gasteiger partial charge on any atom is -0.488 e. The number of aromatic nitrogens is 2. The highest BCUT2D eigenvalue weighted by Crippen LogP contribution is 2.38. The summed E-state index contributed by atoms with van der Waals surface area (Å²) in [7, 11) is 0. The maximum absolute atomic E-state index is 13.0. The molecule has 0 radical (unpaired) electrons. The van der Waals surface area contributed by atoms with Crippen molar-refractivity contribution in [3.63, 3.8) is 0 Å². The van der Waals surface area contributed by atoms with Crippen LogP contribution in [0.3, 0.4) is 0 Å². The minimum absolute atomic E-state index is 0.202. The van der Waals surface area contributed by atoms with Crippen LogP contribution in [0.5, 0.6) is 5.75 Å². The quantitative estimate of drug-likeness (QED) is 0.763. The number of aromatic amines is 2. The number of amides is 1. The minimum atomic E-state index is -0.636. The van der Waals surface area contributed by atoms with Gasteiger partial charge in [-0.05, 0) is 48.9 Å². The van der Waals surface area contributed by atoms with Crippen LogP contribution in [0, 0.1) is 17.7 Å². The van der Waals surface area contributed by atoms with Gasteiger partial charge in [0.2, 0.25) is 0 Å². The second-order valence-corrected chi connectivity index (χ2v) is 7.04. The molecule has 138 valence electrons. The molecule has 0 spiro atoms. The van der Waals surface area contributed by atoms with Crippen molar-refractivity contribution in [2.75, 3.05) is 13.1 Å². The van der Waals surface area contributed by atoms with Crippen LogP contribution >= 0.6 is 0 Å². The molecule has 1 aromatic heterocycles. The van der Waals surface area contributed by atoms with Gasteiger partial charge in [-0.25, -0.2) is 9.18 Å². The van der Waals surface area contributed by atoms with Crippen LogP contribution in [0.15, 0.2) is 35.3 Å². The molecule has 4 rings (SSSR count). The Morgan fingerprint density at radius 2 is 1.88 bits per heavy atom. The fourth-order valence-electron chi connectivity index (χ4n) is 3.99. The molecule has 0 bridgehead atoms. The predicted molar refractivity (Wildman–Crippen MR) is 90.4 cm³/mol. The number of imidazole rings is 1. The molecule has 1 saturated carbocycles. The smallest absolute Gasteiger partial charge is 0.323 e. The molecule has 1 aliphatic carbocycles. The second kappa shape index (κ2) is 6.60. The molecule has 7 nitrogen and oxygen atoms in total. The normalized spacial score (nSPS) is 28.0. The first kappa shape index (κ1) is 16.8. The zero-order chi connectivity index (χ0) is 18.3. The zero-order valence-corrected chi connectivity index (χ0v) is 14.0. The van der Waals surface area contributed by atoms with E-state index in [2.05, 4.69) is 9.97 Å². The number of aliphatic hydroxyl groups excluding tert-OH is 1. The third-order valence-corrected chi connectivity index (χ3v) is 5.30. The monoisotopic (exact) mass is 361 g/mol. The Labute approximate surface area is 148 Å². The van der Waals surface area contributed by atoms with Gasteiger partial charge in [-0.15, -0.1) is 0 Å². The Morgan fingerprint density at radius 1 is 1.19 bits per heavy atom. The number of carbonyl (C=O) groups is 1.